The van der Waals surface area contributed by atoms with Gasteiger partial charge in [-0.2, -0.15) is 0 Å². The molecule has 0 saturated heterocycles. The Morgan fingerprint density at radius 2 is 1.90 bits per heavy atom. The van der Waals surface area contributed by atoms with Crippen LogP contribution in [0.5, 0.6) is 5.75 Å². The summed E-state index contributed by atoms with van der Waals surface area (Å²) in [5, 5.41) is 3.07. The second-order valence-corrected chi connectivity index (χ2v) is 3.76. The van der Waals surface area contributed by atoms with Gasteiger partial charge >= 0.3 is 0 Å². The zero-order valence-electron chi connectivity index (χ0n) is 14.0. The second-order valence-electron chi connectivity index (χ2n) is 3.76. The summed E-state index contributed by atoms with van der Waals surface area (Å²) in [4.78, 5) is 15.0. The van der Waals surface area contributed by atoms with Crippen molar-refractivity contribution in [3.8, 4) is 5.75 Å². The standard InChI is InChI=1S/C12H18N2O2.2C2H6/c1-9(6-7-13-3)16-11-4-5-12(10(2)15)14-8-11;2*1-2/h4-5,8-9,13H,6-7H2,1-3H3;2*1-2H3. The molecule has 0 aliphatic carbocycles. The van der Waals surface area contributed by atoms with Gasteiger partial charge in [0.1, 0.15) is 11.4 Å². The minimum Gasteiger partial charge on any atom is -0.489 e. The van der Waals surface area contributed by atoms with Gasteiger partial charge in [-0.3, -0.25) is 4.79 Å². The first kappa shape index (κ1) is 20.9. The van der Waals surface area contributed by atoms with E-state index in [1.165, 1.54) is 6.92 Å². The van der Waals surface area contributed by atoms with E-state index in [-0.39, 0.29) is 11.9 Å². The lowest BCUT2D eigenvalue weighted by atomic mass is 10.2. The molecule has 0 saturated carbocycles. The number of Topliss-reactive ketones (excluding diaryl/α,β-unsaturated/α-hetero) is 1. The highest BCUT2D eigenvalue weighted by molar-refractivity contribution is 5.92. The van der Waals surface area contributed by atoms with Gasteiger partial charge in [0.2, 0.25) is 0 Å². The quantitative estimate of drug-likeness (QED) is 0.808. The van der Waals surface area contributed by atoms with Crippen LogP contribution in [0, 0.1) is 0 Å². The summed E-state index contributed by atoms with van der Waals surface area (Å²) in [5.41, 5.74) is 0.468. The molecule has 0 spiro atoms. The van der Waals surface area contributed by atoms with E-state index in [9.17, 15) is 4.79 Å². The first-order valence-corrected chi connectivity index (χ1v) is 7.41. The number of carbonyl (C=O) groups is 1. The molecular weight excluding hydrogens is 252 g/mol. The van der Waals surface area contributed by atoms with Gasteiger partial charge in [0.25, 0.3) is 0 Å². The van der Waals surface area contributed by atoms with Gasteiger partial charge in [-0.1, -0.05) is 27.7 Å². The minimum absolute atomic E-state index is 0.0326. The summed E-state index contributed by atoms with van der Waals surface area (Å²) in [6, 6.07) is 3.46. The average Bonchev–Trinajstić information content (AvgIpc) is 2.50. The fourth-order valence-electron chi connectivity index (χ4n) is 1.30. The number of pyridine rings is 1. The number of aromatic nitrogens is 1. The van der Waals surface area contributed by atoms with Gasteiger partial charge in [0.15, 0.2) is 5.78 Å². The first-order valence-electron chi connectivity index (χ1n) is 7.41. The first-order chi connectivity index (χ1) is 9.63. The number of nitrogens with zero attached hydrogens (tertiary/aromatic N) is 1. The fraction of sp³-hybridized carbons (Fsp3) is 0.625. The van der Waals surface area contributed by atoms with E-state index in [4.69, 9.17) is 4.74 Å². The predicted molar refractivity (Wildman–Crippen MR) is 85.6 cm³/mol. The van der Waals surface area contributed by atoms with Crippen molar-refractivity contribution in [3.63, 3.8) is 0 Å². The number of rotatable bonds is 6. The third kappa shape index (κ3) is 9.50. The maximum absolute atomic E-state index is 11.0. The molecule has 0 fully saturated rings. The summed E-state index contributed by atoms with van der Waals surface area (Å²) in [6.07, 6.45) is 2.66. The number of hydrogen-bond acceptors (Lipinski definition) is 4. The third-order valence-electron chi connectivity index (χ3n) is 2.24. The molecule has 0 amide bonds. The molecule has 20 heavy (non-hydrogen) atoms. The van der Waals surface area contributed by atoms with E-state index in [0.717, 1.165) is 13.0 Å². The van der Waals surface area contributed by atoms with E-state index in [1.54, 1.807) is 18.3 Å². The smallest absolute Gasteiger partial charge is 0.178 e. The molecule has 1 aromatic rings. The number of carbonyl (C=O) groups excluding carboxylic acids is 1. The lowest BCUT2D eigenvalue weighted by Crippen LogP contribution is -2.19. The molecule has 1 atom stereocenters. The average molecular weight is 282 g/mol. The highest BCUT2D eigenvalue weighted by Gasteiger charge is 2.05. The highest BCUT2D eigenvalue weighted by atomic mass is 16.5. The summed E-state index contributed by atoms with van der Waals surface area (Å²) in [6.45, 7) is 12.4. The number of ketones is 1. The molecule has 4 nitrogen and oxygen atoms in total. The summed E-state index contributed by atoms with van der Waals surface area (Å²) < 4.78 is 5.64. The molecule has 1 unspecified atom stereocenters. The van der Waals surface area contributed by atoms with Crippen molar-refractivity contribution in [2.24, 2.45) is 0 Å². The topological polar surface area (TPSA) is 51.2 Å². The van der Waals surface area contributed by atoms with Crippen molar-refractivity contribution in [1.29, 1.82) is 0 Å². The second kappa shape index (κ2) is 14.0. The normalized spacial score (nSPS) is 10.3. The Hall–Kier alpha value is -1.42. The van der Waals surface area contributed by atoms with E-state index in [2.05, 4.69) is 10.3 Å². The molecule has 0 bridgehead atoms. The summed E-state index contributed by atoms with van der Waals surface area (Å²) >= 11 is 0. The van der Waals surface area contributed by atoms with Crippen LogP contribution >= 0.6 is 0 Å². The molecule has 1 aromatic heterocycles. The summed E-state index contributed by atoms with van der Waals surface area (Å²) in [7, 11) is 1.91. The predicted octanol–water partition coefficient (Wildman–Crippen LogP) is 3.71. The minimum atomic E-state index is -0.0326. The zero-order valence-corrected chi connectivity index (χ0v) is 14.0. The van der Waals surface area contributed by atoms with Gasteiger partial charge < -0.3 is 10.1 Å². The molecule has 0 aliphatic heterocycles. The van der Waals surface area contributed by atoms with Crippen LogP contribution in [0.3, 0.4) is 0 Å². The highest BCUT2D eigenvalue weighted by Crippen LogP contribution is 2.12. The van der Waals surface area contributed by atoms with Gasteiger partial charge in [-0.15, -0.1) is 0 Å². The van der Waals surface area contributed by atoms with Crippen LogP contribution in [-0.2, 0) is 0 Å². The third-order valence-corrected chi connectivity index (χ3v) is 2.24. The van der Waals surface area contributed by atoms with Crippen LogP contribution in [0.4, 0.5) is 0 Å². The summed E-state index contributed by atoms with van der Waals surface area (Å²) in [5.74, 6) is 0.670. The van der Waals surface area contributed by atoms with Crippen LogP contribution in [0.2, 0.25) is 0 Å². The Labute approximate surface area is 124 Å². The van der Waals surface area contributed by atoms with Gasteiger partial charge in [0, 0.05) is 6.92 Å². The fourth-order valence-corrected chi connectivity index (χ4v) is 1.30. The molecule has 0 aliphatic rings. The SMILES string of the molecule is CC.CC.CNCCC(C)Oc1ccc(C(C)=O)nc1. The number of hydrogen-bond donors (Lipinski definition) is 1. The maximum Gasteiger partial charge on any atom is 0.178 e. The lowest BCUT2D eigenvalue weighted by Gasteiger charge is -2.14. The Morgan fingerprint density at radius 1 is 1.30 bits per heavy atom. The van der Waals surface area contributed by atoms with E-state index in [1.807, 2.05) is 41.7 Å². The van der Waals surface area contributed by atoms with Crippen LogP contribution in [0.1, 0.15) is 58.5 Å². The van der Waals surface area contributed by atoms with Crippen molar-refractivity contribution >= 4 is 5.78 Å². The molecule has 4 heteroatoms. The largest absolute Gasteiger partial charge is 0.489 e. The van der Waals surface area contributed by atoms with Gasteiger partial charge in [0.05, 0.1) is 12.3 Å². The molecule has 1 heterocycles. The number of nitrogens with one attached hydrogen (secondary N) is 1. The molecule has 1 rings (SSSR count). The number of ether oxygens (including phenoxy) is 1. The monoisotopic (exact) mass is 282 g/mol. The Balaban J connectivity index is 0. The Morgan fingerprint density at radius 3 is 2.30 bits per heavy atom. The van der Waals surface area contributed by atoms with Gasteiger partial charge in [-0.25, -0.2) is 4.98 Å². The van der Waals surface area contributed by atoms with Gasteiger partial charge in [-0.05, 0) is 39.1 Å². The molecule has 0 aromatic carbocycles. The van der Waals surface area contributed by atoms with Crippen LogP contribution < -0.4 is 10.1 Å². The van der Waals surface area contributed by atoms with Crippen molar-refractivity contribution in [2.75, 3.05) is 13.6 Å². The van der Waals surface area contributed by atoms with Crippen molar-refractivity contribution in [3.05, 3.63) is 24.0 Å². The lowest BCUT2D eigenvalue weighted by molar-refractivity contribution is 0.101. The molecular formula is C16H30N2O2. The van der Waals surface area contributed by atoms with Crippen molar-refractivity contribution in [2.45, 2.75) is 54.1 Å². The van der Waals surface area contributed by atoms with Crippen molar-refractivity contribution in [1.82, 2.24) is 10.3 Å². The molecule has 116 valence electrons. The van der Waals surface area contributed by atoms with Crippen molar-refractivity contribution < 1.29 is 9.53 Å². The zero-order chi connectivity index (χ0) is 16.0. The van der Waals surface area contributed by atoms with E-state index in [0.29, 0.717) is 11.4 Å². The van der Waals surface area contributed by atoms with E-state index < -0.39 is 0 Å². The van der Waals surface area contributed by atoms with Crippen LogP contribution in [-0.4, -0.2) is 30.5 Å². The van der Waals surface area contributed by atoms with E-state index >= 15 is 0 Å². The van der Waals surface area contributed by atoms with Crippen LogP contribution in [0.25, 0.3) is 0 Å². The molecule has 0 radical (unpaired) electrons. The van der Waals surface area contributed by atoms with Crippen LogP contribution in [0.15, 0.2) is 18.3 Å². The Bertz CT molecular complexity index is 337. The maximum atomic E-state index is 11.0. The Kier molecular flexibility index (Phi) is 14.6. The molecule has 1 N–H and O–H groups in total.